The molecule has 1 saturated carbocycles. The second-order valence-electron chi connectivity index (χ2n) is 5.17. The van der Waals surface area contributed by atoms with E-state index >= 15 is 0 Å². The predicted molar refractivity (Wildman–Crippen MR) is 98.6 cm³/mol. The maximum Gasteiger partial charge on any atom is 0.191 e. The molecule has 5 heteroatoms. The molecular formula is C16H26IN3O. The Morgan fingerprint density at radius 3 is 2.76 bits per heavy atom. The first-order chi connectivity index (χ1) is 9.81. The largest absolute Gasteiger partial charge is 0.497 e. The van der Waals surface area contributed by atoms with Crippen LogP contribution in [0, 0.1) is 0 Å². The fourth-order valence-corrected chi connectivity index (χ4v) is 2.52. The Kier molecular flexibility index (Phi) is 8.49. The van der Waals surface area contributed by atoms with Crippen molar-refractivity contribution in [3.8, 4) is 5.75 Å². The molecule has 0 bridgehead atoms. The van der Waals surface area contributed by atoms with Crippen molar-refractivity contribution in [3.05, 3.63) is 29.8 Å². The van der Waals surface area contributed by atoms with Gasteiger partial charge in [0.05, 0.1) is 13.7 Å². The first-order valence-corrected chi connectivity index (χ1v) is 7.49. The molecule has 118 valence electrons. The van der Waals surface area contributed by atoms with E-state index in [2.05, 4.69) is 28.6 Å². The average Bonchev–Trinajstić information content (AvgIpc) is 2.98. The van der Waals surface area contributed by atoms with Gasteiger partial charge in [0.1, 0.15) is 5.75 Å². The molecule has 1 aliphatic carbocycles. The van der Waals surface area contributed by atoms with Gasteiger partial charge >= 0.3 is 0 Å². The van der Waals surface area contributed by atoms with Gasteiger partial charge in [0.15, 0.2) is 5.96 Å². The van der Waals surface area contributed by atoms with Gasteiger partial charge < -0.3 is 15.4 Å². The number of nitrogens with zero attached hydrogens (tertiary/aromatic N) is 1. The first kappa shape index (κ1) is 18.1. The minimum Gasteiger partial charge on any atom is -0.497 e. The molecule has 0 atom stereocenters. The van der Waals surface area contributed by atoms with Crippen molar-refractivity contribution in [1.29, 1.82) is 0 Å². The van der Waals surface area contributed by atoms with E-state index in [-0.39, 0.29) is 24.0 Å². The molecule has 0 unspecified atom stereocenters. The van der Waals surface area contributed by atoms with E-state index in [0.717, 1.165) is 23.8 Å². The molecule has 21 heavy (non-hydrogen) atoms. The smallest absolute Gasteiger partial charge is 0.191 e. The standard InChI is InChI=1S/C16H25N3O.HI/c1-3-17-16(19-14-8-4-5-9-14)18-12-13-7-6-10-15(11-13)20-2;/h6-7,10-11,14H,3-5,8-9,12H2,1-2H3,(H2,17,18,19);1H. The fourth-order valence-electron chi connectivity index (χ4n) is 2.52. The molecule has 0 aromatic heterocycles. The van der Waals surface area contributed by atoms with E-state index in [4.69, 9.17) is 4.74 Å². The lowest BCUT2D eigenvalue weighted by molar-refractivity contribution is 0.414. The lowest BCUT2D eigenvalue weighted by Crippen LogP contribution is -2.42. The molecule has 0 saturated heterocycles. The molecule has 2 N–H and O–H groups in total. The molecular weight excluding hydrogens is 377 g/mol. The van der Waals surface area contributed by atoms with Gasteiger partial charge in [0, 0.05) is 12.6 Å². The van der Waals surface area contributed by atoms with Gasteiger partial charge in [-0.2, -0.15) is 0 Å². The van der Waals surface area contributed by atoms with Gasteiger partial charge in [-0.3, -0.25) is 0 Å². The summed E-state index contributed by atoms with van der Waals surface area (Å²) in [5, 5.41) is 6.84. The van der Waals surface area contributed by atoms with E-state index in [9.17, 15) is 0 Å². The summed E-state index contributed by atoms with van der Waals surface area (Å²) in [6.45, 7) is 3.65. The second kappa shape index (κ2) is 9.87. The highest BCUT2D eigenvalue weighted by Crippen LogP contribution is 2.17. The van der Waals surface area contributed by atoms with Gasteiger partial charge in [-0.1, -0.05) is 25.0 Å². The maximum atomic E-state index is 5.24. The highest BCUT2D eigenvalue weighted by Gasteiger charge is 2.15. The number of hydrogen-bond acceptors (Lipinski definition) is 2. The van der Waals surface area contributed by atoms with E-state index in [1.165, 1.54) is 25.7 Å². The number of halogens is 1. The molecule has 0 spiro atoms. The molecule has 1 aliphatic rings. The molecule has 0 heterocycles. The van der Waals surface area contributed by atoms with E-state index in [1.807, 2.05) is 18.2 Å². The van der Waals surface area contributed by atoms with Crippen LogP contribution in [-0.2, 0) is 6.54 Å². The Hall–Kier alpha value is -0.980. The van der Waals surface area contributed by atoms with Crippen LogP contribution in [0.2, 0.25) is 0 Å². The lowest BCUT2D eigenvalue weighted by atomic mass is 10.2. The number of guanidine groups is 1. The van der Waals surface area contributed by atoms with Crippen molar-refractivity contribution >= 4 is 29.9 Å². The van der Waals surface area contributed by atoms with Gasteiger partial charge in [0.2, 0.25) is 0 Å². The third kappa shape index (κ3) is 6.11. The predicted octanol–water partition coefficient (Wildman–Crippen LogP) is 3.31. The van der Waals surface area contributed by atoms with Crippen molar-refractivity contribution in [3.63, 3.8) is 0 Å². The van der Waals surface area contributed by atoms with Gasteiger partial charge in [-0.15, -0.1) is 24.0 Å². The minimum atomic E-state index is 0. The summed E-state index contributed by atoms with van der Waals surface area (Å²) in [4.78, 5) is 4.66. The van der Waals surface area contributed by atoms with E-state index in [1.54, 1.807) is 7.11 Å². The van der Waals surface area contributed by atoms with Crippen molar-refractivity contribution in [2.45, 2.75) is 45.2 Å². The van der Waals surface area contributed by atoms with Crippen LogP contribution in [0.1, 0.15) is 38.2 Å². The van der Waals surface area contributed by atoms with Crippen molar-refractivity contribution in [2.75, 3.05) is 13.7 Å². The zero-order chi connectivity index (χ0) is 14.2. The Morgan fingerprint density at radius 1 is 1.33 bits per heavy atom. The quantitative estimate of drug-likeness (QED) is 0.451. The summed E-state index contributed by atoms with van der Waals surface area (Å²) < 4.78 is 5.24. The molecule has 2 rings (SSSR count). The lowest BCUT2D eigenvalue weighted by Gasteiger charge is -2.16. The SMILES string of the molecule is CCNC(=NCc1cccc(OC)c1)NC1CCCC1.I. The molecule has 0 radical (unpaired) electrons. The average molecular weight is 403 g/mol. The van der Waals surface area contributed by atoms with E-state index in [0.29, 0.717) is 12.6 Å². The molecule has 1 aromatic carbocycles. The number of hydrogen-bond donors (Lipinski definition) is 2. The van der Waals surface area contributed by atoms with Gasteiger partial charge in [-0.05, 0) is 37.5 Å². The molecule has 1 fully saturated rings. The van der Waals surface area contributed by atoms with Crippen LogP contribution in [0.25, 0.3) is 0 Å². The zero-order valence-corrected chi connectivity index (χ0v) is 15.2. The number of aliphatic imine (C=N–C) groups is 1. The number of nitrogens with one attached hydrogen (secondary N) is 2. The molecule has 0 amide bonds. The minimum absolute atomic E-state index is 0. The summed E-state index contributed by atoms with van der Waals surface area (Å²) in [6, 6.07) is 8.64. The third-order valence-electron chi connectivity index (χ3n) is 3.59. The molecule has 0 aliphatic heterocycles. The number of methoxy groups -OCH3 is 1. The van der Waals surface area contributed by atoms with Crippen LogP contribution in [0.15, 0.2) is 29.3 Å². The fraction of sp³-hybridized carbons (Fsp3) is 0.562. The Balaban J connectivity index is 0.00000220. The Bertz CT molecular complexity index is 445. The van der Waals surface area contributed by atoms with Crippen LogP contribution in [0.3, 0.4) is 0 Å². The maximum absolute atomic E-state index is 5.24. The first-order valence-electron chi connectivity index (χ1n) is 7.49. The Morgan fingerprint density at radius 2 is 2.10 bits per heavy atom. The summed E-state index contributed by atoms with van der Waals surface area (Å²) in [5.41, 5.74) is 1.16. The van der Waals surface area contributed by atoms with Crippen molar-refractivity contribution < 1.29 is 4.74 Å². The van der Waals surface area contributed by atoms with Crippen LogP contribution in [0.4, 0.5) is 0 Å². The van der Waals surface area contributed by atoms with Gasteiger partial charge in [-0.25, -0.2) is 4.99 Å². The highest BCUT2D eigenvalue weighted by atomic mass is 127. The highest BCUT2D eigenvalue weighted by molar-refractivity contribution is 14.0. The monoisotopic (exact) mass is 403 g/mol. The third-order valence-corrected chi connectivity index (χ3v) is 3.59. The van der Waals surface area contributed by atoms with Crippen molar-refractivity contribution in [1.82, 2.24) is 10.6 Å². The number of ether oxygens (including phenoxy) is 1. The van der Waals surface area contributed by atoms with Crippen LogP contribution in [0.5, 0.6) is 5.75 Å². The topological polar surface area (TPSA) is 45.7 Å². The van der Waals surface area contributed by atoms with Crippen LogP contribution in [-0.4, -0.2) is 25.7 Å². The summed E-state index contributed by atoms with van der Waals surface area (Å²) in [5.74, 6) is 1.80. The normalized spacial score (nSPS) is 15.4. The summed E-state index contributed by atoms with van der Waals surface area (Å²) >= 11 is 0. The van der Waals surface area contributed by atoms with Crippen LogP contribution >= 0.6 is 24.0 Å². The second-order valence-corrected chi connectivity index (χ2v) is 5.17. The van der Waals surface area contributed by atoms with Crippen LogP contribution < -0.4 is 15.4 Å². The number of rotatable bonds is 5. The van der Waals surface area contributed by atoms with E-state index < -0.39 is 0 Å². The summed E-state index contributed by atoms with van der Waals surface area (Å²) in [6.07, 6.45) is 5.16. The van der Waals surface area contributed by atoms with Crippen molar-refractivity contribution in [2.24, 2.45) is 4.99 Å². The Labute approximate surface area is 144 Å². The number of benzene rings is 1. The van der Waals surface area contributed by atoms with Gasteiger partial charge in [0.25, 0.3) is 0 Å². The summed E-state index contributed by atoms with van der Waals surface area (Å²) in [7, 11) is 1.69. The molecule has 4 nitrogen and oxygen atoms in total. The zero-order valence-electron chi connectivity index (χ0n) is 12.9. The molecule has 1 aromatic rings.